The van der Waals surface area contributed by atoms with Gasteiger partial charge in [-0.05, 0) is 48.9 Å². The number of halogens is 2. The number of hydrogen-bond donors (Lipinski definition) is 1. The molecule has 3 rings (SSSR count). The van der Waals surface area contributed by atoms with Crippen LogP contribution in [0.25, 0.3) is 11.3 Å². The van der Waals surface area contributed by atoms with Crippen LogP contribution in [-0.4, -0.2) is 15.6 Å². The maximum absolute atomic E-state index is 14.3. The number of aromatic nitrogens is 1. The van der Waals surface area contributed by atoms with Crippen LogP contribution in [0, 0.1) is 24.1 Å². The van der Waals surface area contributed by atoms with Crippen molar-refractivity contribution in [2.75, 3.05) is 0 Å². The van der Waals surface area contributed by atoms with E-state index in [1.165, 1.54) is 12.1 Å². The number of hydrogen-bond acceptors (Lipinski definition) is 1. The molecule has 1 aliphatic rings. The molecule has 1 saturated carbocycles. The van der Waals surface area contributed by atoms with Crippen LogP contribution in [0.4, 0.5) is 4.39 Å². The molecule has 1 aliphatic carbocycles. The Morgan fingerprint density at radius 1 is 1.43 bits per heavy atom. The number of carboxylic acids is 1. The summed E-state index contributed by atoms with van der Waals surface area (Å²) in [6.07, 6.45) is 1.09. The van der Waals surface area contributed by atoms with Crippen molar-refractivity contribution < 1.29 is 14.3 Å². The van der Waals surface area contributed by atoms with Crippen LogP contribution in [0.2, 0.25) is 5.02 Å². The largest absolute Gasteiger partial charge is 0.478 e. The van der Waals surface area contributed by atoms with Crippen LogP contribution in [-0.2, 0) is 6.54 Å². The first-order valence-corrected chi connectivity index (χ1v) is 7.97. The molecule has 1 atom stereocenters. The maximum atomic E-state index is 14.3. The molecule has 3 nitrogen and oxygen atoms in total. The summed E-state index contributed by atoms with van der Waals surface area (Å²) in [7, 11) is 0. The van der Waals surface area contributed by atoms with Gasteiger partial charge in [-0.2, -0.15) is 0 Å². The van der Waals surface area contributed by atoms with Crippen molar-refractivity contribution in [3.05, 3.63) is 46.4 Å². The molecular weight excluding hydrogens is 317 g/mol. The van der Waals surface area contributed by atoms with Gasteiger partial charge in [0.2, 0.25) is 0 Å². The van der Waals surface area contributed by atoms with Crippen molar-refractivity contribution in [2.45, 2.75) is 33.7 Å². The summed E-state index contributed by atoms with van der Waals surface area (Å²) >= 11 is 6.00. The molecule has 2 aromatic rings. The second kappa shape index (κ2) is 5.38. The minimum Gasteiger partial charge on any atom is -0.478 e. The average molecular weight is 336 g/mol. The zero-order valence-corrected chi connectivity index (χ0v) is 14.1. The fourth-order valence-corrected chi connectivity index (χ4v) is 3.29. The lowest BCUT2D eigenvalue weighted by Crippen LogP contribution is -2.09. The molecule has 0 saturated heterocycles. The average Bonchev–Trinajstić information content (AvgIpc) is 2.92. The Hall–Kier alpha value is -1.81. The van der Waals surface area contributed by atoms with Gasteiger partial charge >= 0.3 is 5.97 Å². The van der Waals surface area contributed by atoms with E-state index in [0.717, 1.165) is 6.42 Å². The molecule has 0 radical (unpaired) electrons. The number of benzene rings is 1. The van der Waals surface area contributed by atoms with Gasteiger partial charge in [-0.1, -0.05) is 25.4 Å². The molecule has 0 unspecified atom stereocenters. The Balaban J connectivity index is 2.13. The lowest BCUT2D eigenvalue weighted by atomic mass is 10.1. The van der Waals surface area contributed by atoms with Crippen LogP contribution in [0.3, 0.4) is 0 Å². The smallest absolute Gasteiger partial charge is 0.337 e. The monoisotopic (exact) mass is 335 g/mol. The predicted octanol–water partition coefficient (Wildman–Crippen LogP) is 5.00. The summed E-state index contributed by atoms with van der Waals surface area (Å²) in [5, 5.41) is 9.82. The molecule has 0 aliphatic heterocycles. The quantitative estimate of drug-likeness (QED) is 0.854. The predicted molar refractivity (Wildman–Crippen MR) is 88.4 cm³/mol. The minimum absolute atomic E-state index is 0.206. The maximum Gasteiger partial charge on any atom is 0.337 e. The second-order valence-electron chi connectivity index (χ2n) is 6.96. The van der Waals surface area contributed by atoms with Crippen molar-refractivity contribution in [3.8, 4) is 11.3 Å². The van der Waals surface area contributed by atoms with Crippen LogP contribution >= 0.6 is 11.6 Å². The Morgan fingerprint density at radius 3 is 2.65 bits per heavy atom. The fourth-order valence-electron chi connectivity index (χ4n) is 3.12. The lowest BCUT2D eigenvalue weighted by molar-refractivity contribution is 0.0696. The molecule has 1 aromatic carbocycles. The van der Waals surface area contributed by atoms with Crippen LogP contribution in [0.15, 0.2) is 24.3 Å². The molecule has 122 valence electrons. The van der Waals surface area contributed by atoms with Gasteiger partial charge in [0.1, 0.15) is 5.82 Å². The van der Waals surface area contributed by atoms with Gasteiger partial charge in [0.25, 0.3) is 0 Å². The van der Waals surface area contributed by atoms with Crippen molar-refractivity contribution in [1.29, 1.82) is 0 Å². The van der Waals surface area contributed by atoms with Gasteiger partial charge in [0.05, 0.1) is 11.3 Å². The molecule has 0 amide bonds. The Bertz CT molecular complexity index is 795. The van der Waals surface area contributed by atoms with Gasteiger partial charge in [-0.15, -0.1) is 0 Å². The molecule has 1 fully saturated rings. The van der Waals surface area contributed by atoms with Gasteiger partial charge < -0.3 is 9.67 Å². The molecule has 0 spiro atoms. The van der Waals surface area contributed by atoms with Crippen LogP contribution < -0.4 is 0 Å². The summed E-state index contributed by atoms with van der Waals surface area (Å²) in [6, 6.07) is 5.89. The van der Waals surface area contributed by atoms with Gasteiger partial charge in [-0.25, -0.2) is 9.18 Å². The molecule has 1 heterocycles. The highest BCUT2D eigenvalue weighted by molar-refractivity contribution is 6.30. The fraction of sp³-hybridized carbons (Fsp3) is 0.389. The highest BCUT2D eigenvalue weighted by Gasteiger charge is 2.45. The Labute approximate surface area is 139 Å². The lowest BCUT2D eigenvalue weighted by Gasteiger charge is -2.14. The zero-order valence-electron chi connectivity index (χ0n) is 13.4. The van der Waals surface area contributed by atoms with E-state index in [2.05, 4.69) is 13.8 Å². The second-order valence-corrected chi connectivity index (χ2v) is 7.39. The first-order chi connectivity index (χ1) is 10.7. The van der Waals surface area contributed by atoms with E-state index in [4.69, 9.17) is 11.6 Å². The van der Waals surface area contributed by atoms with Crippen LogP contribution in [0.5, 0.6) is 0 Å². The van der Waals surface area contributed by atoms with Crippen LogP contribution in [0.1, 0.15) is 36.3 Å². The van der Waals surface area contributed by atoms with E-state index in [9.17, 15) is 14.3 Å². The first-order valence-electron chi connectivity index (χ1n) is 7.59. The van der Waals surface area contributed by atoms with E-state index in [0.29, 0.717) is 34.4 Å². The zero-order chi connectivity index (χ0) is 16.9. The number of aromatic carboxylic acids is 1. The molecule has 1 N–H and O–H groups in total. The molecule has 1 aromatic heterocycles. The van der Waals surface area contributed by atoms with Gasteiger partial charge in [-0.3, -0.25) is 0 Å². The van der Waals surface area contributed by atoms with Crippen molar-refractivity contribution >= 4 is 17.6 Å². The standard InChI is InChI=1S/C18H19ClFNO2/c1-10-13(17(22)23)7-16(14-6-12(19)4-5-15(14)20)21(10)9-11-8-18(11,2)3/h4-7,11H,8-9H2,1-3H3,(H,22,23)/t11-/m1/s1. The summed E-state index contributed by atoms with van der Waals surface area (Å²) in [4.78, 5) is 11.5. The number of nitrogens with zero attached hydrogens (tertiary/aromatic N) is 1. The third-order valence-corrected chi connectivity index (χ3v) is 5.16. The number of carbonyl (C=O) groups is 1. The molecule has 5 heteroatoms. The van der Waals surface area contributed by atoms with Crippen molar-refractivity contribution in [3.63, 3.8) is 0 Å². The van der Waals surface area contributed by atoms with Gasteiger partial charge in [0, 0.05) is 22.8 Å². The normalized spacial score (nSPS) is 18.9. The summed E-state index contributed by atoms with van der Waals surface area (Å²) in [6.45, 7) is 6.83. The molecular formula is C18H19ClFNO2. The summed E-state index contributed by atoms with van der Waals surface area (Å²) < 4.78 is 16.2. The summed E-state index contributed by atoms with van der Waals surface area (Å²) in [5.41, 5.74) is 2.02. The Morgan fingerprint density at radius 2 is 2.09 bits per heavy atom. The first kappa shape index (κ1) is 16.1. The highest BCUT2D eigenvalue weighted by atomic mass is 35.5. The van der Waals surface area contributed by atoms with Gasteiger partial charge in [0.15, 0.2) is 0 Å². The SMILES string of the molecule is Cc1c(C(=O)O)cc(-c2cc(Cl)ccc2F)n1C[C@H]1CC1(C)C. The highest BCUT2D eigenvalue weighted by Crippen LogP contribution is 2.53. The van der Waals surface area contributed by atoms with Crippen molar-refractivity contribution in [1.82, 2.24) is 4.57 Å². The molecule has 0 bridgehead atoms. The summed E-state index contributed by atoms with van der Waals surface area (Å²) in [5.74, 6) is -0.934. The third-order valence-electron chi connectivity index (χ3n) is 4.92. The number of carboxylic acid groups (broad SMARTS) is 1. The van der Waals surface area contributed by atoms with E-state index >= 15 is 0 Å². The van der Waals surface area contributed by atoms with E-state index in [-0.39, 0.29) is 11.0 Å². The van der Waals surface area contributed by atoms with Crippen molar-refractivity contribution in [2.24, 2.45) is 11.3 Å². The van der Waals surface area contributed by atoms with E-state index < -0.39 is 11.8 Å². The van der Waals surface area contributed by atoms with E-state index in [1.54, 1.807) is 19.1 Å². The molecule has 23 heavy (non-hydrogen) atoms. The van der Waals surface area contributed by atoms with E-state index in [1.807, 2.05) is 4.57 Å². The number of rotatable bonds is 4. The topological polar surface area (TPSA) is 42.2 Å². The Kier molecular flexibility index (Phi) is 3.75. The minimum atomic E-state index is -1.00. The third kappa shape index (κ3) is 2.88.